The third kappa shape index (κ3) is 5.16. The average molecular weight is 350 g/mol. The molecule has 0 radical (unpaired) electrons. The van der Waals surface area contributed by atoms with Gasteiger partial charge in [-0.05, 0) is 33.1 Å². The van der Waals surface area contributed by atoms with Gasteiger partial charge in [0.1, 0.15) is 12.4 Å². The fourth-order valence-electron chi connectivity index (χ4n) is 1.94. The minimum atomic E-state index is 0.569. The number of hydrogen-bond donors (Lipinski definition) is 1. The quantitative estimate of drug-likeness (QED) is 0.736. The van der Waals surface area contributed by atoms with Crippen LogP contribution in [0.2, 0.25) is 0 Å². The summed E-state index contributed by atoms with van der Waals surface area (Å²) in [6.45, 7) is 2.90. The van der Waals surface area contributed by atoms with Crippen LogP contribution in [0.4, 0.5) is 0 Å². The number of ether oxygens (including phenoxy) is 2. The maximum absolute atomic E-state index is 5.89. The van der Waals surface area contributed by atoms with Crippen molar-refractivity contribution in [1.29, 1.82) is 0 Å². The molecule has 0 spiro atoms. The zero-order valence-electron chi connectivity index (χ0n) is 12.1. The number of methoxy groups -OCH3 is 1. The van der Waals surface area contributed by atoms with Crippen LogP contribution in [0.1, 0.15) is 11.1 Å². The van der Waals surface area contributed by atoms with E-state index in [2.05, 4.69) is 39.4 Å². The van der Waals surface area contributed by atoms with Crippen molar-refractivity contribution in [2.75, 3.05) is 20.3 Å². The Morgan fingerprint density at radius 3 is 2.62 bits per heavy atom. The van der Waals surface area contributed by atoms with Gasteiger partial charge in [-0.3, -0.25) is 0 Å². The molecule has 0 heterocycles. The molecule has 4 heteroatoms. The second kappa shape index (κ2) is 8.82. The summed E-state index contributed by atoms with van der Waals surface area (Å²) in [6.07, 6.45) is 0. The van der Waals surface area contributed by atoms with E-state index in [9.17, 15) is 0 Å². The first-order chi connectivity index (χ1) is 10.3. The Morgan fingerprint density at radius 2 is 1.86 bits per heavy atom. The zero-order chi connectivity index (χ0) is 14.9. The zero-order valence-corrected chi connectivity index (χ0v) is 13.7. The van der Waals surface area contributed by atoms with E-state index in [1.165, 1.54) is 5.56 Å². The van der Waals surface area contributed by atoms with Crippen molar-refractivity contribution in [1.82, 2.24) is 5.32 Å². The van der Waals surface area contributed by atoms with Crippen molar-refractivity contribution in [2.24, 2.45) is 0 Å². The minimum absolute atomic E-state index is 0.569. The van der Waals surface area contributed by atoms with Gasteiger partial charge in [0.2, 0.25) is 0 Å². The van der Waals surface area contributed by atoms with Gasteiger partial charge in [0.25, 0.3) is 0 Å². The molecule has 0 aliphatic carbocycles. The molecule has 0 atom stereocenters. The van der Waals surface area contributed by atoms with Crippen molar-refractivity contribution >= 4 is 15.9 Å². The van der Waals surface area contributed by atoms with E-state index >= 15 is 0 Å². The summed E-state index contributed by atoms with van der Waals surface area (Å²) in [5, 5.41) is 3.33. The van der Waals surface area contributed by atoms with Crippen molar-refractivity contribution in [3.8, 4) is 5.75 Å². The van der Waals surface area contributed by atoms with Crippen LogP contribution in [0.3, 0.4) is 0 Å². The summed E-state index contributed by atoms with van der Waals surface area (Å²) in [7, 11) is 1.70. The van der Waals surface area contributed by atoms with Gasteiger partial charge in [0.05, 0.1) is 11.1 Å². The van der Waals surface area contributed by atoms with E-state index in [4.69, 9.17) is 9.47 Å². The van der Waals surface area contributed by atoms with Gasteiger partial charge in [-0.1, -0.05) is 42.5 Å². The molecule has 0 unspecified atom stereocenters. The lowest BCUT2D eigenvalue weighted by Gasteiger charge is -2.12. The lowest BCUT2D eigenvalue weighted by atomic mass is 10.2. The second-order valence-electron chi connectivity index (χ2n) is 4.67. The van der Waals surface area contributed by atoms with Gasteiger partial charge in [0.15, 0.2) is 0 Å². The van der Waals surface area contributed by atoms with Crippen LogP contribution in [0, 0.1) is 0 Å². The molecule has 1 N–H and O–H groups in total. The molecule has 3 nitrogen and oxygen atoms in total. The Labute approximate surface area is 134 Å². The predicted octanol–water partition coefficient (Wildman–Crippen LogP) is 3.76. The summed E-state index contributed by atoms with van der Waals surface area (Å²) in [5.41, 5.74) is 2.34. The monoisotopic (exact) mass is 349 g/mol. The molecule has 2 rings (SSSR count). The summed E-state index contributed by atoms with van der Waals surface area (Å²) in [4.78, 5) is 0. The second-order valence-corrected chi connectivity index (χ2v) is 5.47. The van der Waals surface area contributed by atoms with Crippen LogP contribution in [0.25, 0.3) is 0 Å². The molecule has 0 bridgehead atoms. The van der Waals surface area contributed by atoms with Gasteiger partial charge in [0, 0.05) is 20.2 Å². The van der Waals surface area contributed by atoms with E-state index in [-0.39, 0.29) is 0 Å². The normalized spacial score (nSPS) is 10.6. The van der Waals surface area contributed by atoms with Gasteiger partial charge < -0.3 is 14.8 Å². The van der Waals surface area contributed by atoms with E-state index in [1.807, 2.05) is 30.3 Å². The number of halogens is 1. The molecule has 21 heavy (non-hydrogen) atoms. The SMILES string of the molecule is COCCNCc1cccc(OCc2ccccc2)c1Br. The van der Waals surface area contributed by atoms with Crippen LogP contribution in [0.15, 0.2) is 53.0 Å². The fraction of sp³-hybridized carbons (Fsp3) is 0.294. The van der Waals surface area contributed by atoms with Crippen molar-refractivity contribution < 1.29 is 9.47 Å². The highest BCUT2D eigenvalue weighted by atomic mass is 79.9. The third-order valence-electron chi connectivity index (χ3n) is 3.08. The number of benzene rings is 2. The first kappa shape index (κ1) is 16.0. The highest BCUT2D eigenvalue weighted by molar-refractivity contribution is 9.10. The summed E-state index contributed by atoms with van der Waals surface area (Å²) >= 11 is 3.63. The molecular weight excluding hydrogens is 330 g/mol. The molecule has 0 aromatic heterocycles. The number of nitrogens with one attached hydrogen (secondary N) is 1. The third-order valence-corrected chi connectivity index (χ3v) is 3.98. The Kier molecular flexibility index (Phi) is 6.73. The smallest absolute Gasteiger partial charge is 0.134 e. The standard InChI is InChI=1S/C17H20BrNO2/c1-20-11-10-19-12-15-8-5-9-16(17(15)18)21-13-14-6-3-2-4-7-14/h2-9,19H,10-13H2,1H3. The lowest BCUT2D eigenvalue weighted by Crippen LogP contribution is -2.18. The van der Waals surface area contributed by atoms with Gasteiger partial charge in [-0.2, -0.15) is 0 Å². The maximum Gasteiger partial charge on any atom is 0.134 e. The molecule has 112 valence electrons. The highest BCUT2D eigenvalue weighted by Gasteiger charge is 2.06. The molecule has 0 saturated heterocycles. The first-order valence-corrected chi connectivity index (χ1v) is 7.74. The van der Waals surface area contributed by atoms with E-state index < -0.39 is 0 Å². The molecule has 0 aliphatic heterocycles. The molecule has 2 aromatic rings. The van der Waals surface area contributed by atoms with Crippen molar-refractivity contribution in [3.05, 3.63) is 64.1 Å². The summed E-state index contributed by atoms with van der Waals surface area (Å²) < 4.78 is 11.9. The van der Waals surface area contributed by atoms with Crippen LogP contribution in [-0.4, -0.2) is 20.3 Å². The van der Waals surface area contributed by atoms with Crippen LogP contribution in [0.5, 0.6) is 5.75 Å². The van der Waals surface area contributed by atoms with Crippen LogP contribution < -0.4 is 10.1 Å². The molecule has 0 fully saturated rings. The van der Waals surface area contributed by atoms with Gasteiger partial charge in [-0.15, -0.1) is 0 Å². The Bertz CT molecular complexity index is 546. The molecule has 0 saturated carbocycles. The topological polar surface area (TPSA) is 30.5 Å². The summed E-state index contributed by atoms with van der Waals surface area (Å²) in [6, 6.07) is 16.2. The Hall–Kier alpha value is -1.36. The molecule has 2 aromatic carbocycles. The Balaban J connectivity index is 1.94. The van der Waals surface area contributed by atoms with E-state index in [0.29, 0.717) is 13.2 Å². The van der Waals surface area contributed by atoms with E-state index in [0.717, 1.165) is 28.9 Å². The molecule has 0 amide bonds. The average Bonchev–Trinajstić information content (AvgIpc) is 2.53. The van der Waals surface area contributed by atoms with Crippen molar-refractivity contribution in [3.63, 3.8) is 0 Å². The van der Waals surface area contributed by atoms with E-state index in [1.54, 1.807) is 7.11 Å². The fourth-order valence-corrected chi connectivity index (χ4v) is 2.46. The minimum Gasteiger partial charge on any atom is -0.488 e. The predicted molar refractivity (Wildman–Crippen MR) is 88.5 cm³/mol. The number of hydrogen-bond acceptors (Lipinski definition) is 3. The van der Waals surface area contributed by atoms with Crippen LogP contribution in [-0.2, 0) is 17.9 Å². The highest BCUT2D eigenvalue weighted by Crippen LogP contribution is 2.29. The largest absolute Gasteiger partial charge is 0.488 e. The Morgan fingerprint density at radius 1 is 1.05 bits per heavy atom. The van der Waals surface area contributed by atoms with Gasteiger partial charge in [-0.25, -0.2) is 0 Å². The summed E-state index contributed by atoms with van der Waals surface area (Å²) in [5.74, 6) is 0.866. The number of rotatable bonds is 8. The van der Waals surface area contributed by atoms with Crippen molar-refractivity contribution in [2.45, 2.75) is 13.2 Å². The van der Waals surface area contributed by atoms with Crippen LogP contribution >= 0.6 is 15.9 Å². The molecular formula is C17H20BrNO2. The van der Waals surface area contributed by atoms with Gasteiger partial charge >= 0.3 is 0 Å². The first-order valence-electron chi connectivity index (χ1n) is 6.95. The molecule has 0 aliphatic rings. The lowest BCUT2D eigenvalue weighted by molar-refractivity contribution is 0.199. The maximum atomic E-state index is 5.89.